The van der Waals surface area contributed by atoms with E-state index >= 15 is 0 Å². The van der Waals surface area contributed by atoms with Crippen LogP contribution in [-0.2, 0) is 0 Å². The standard InChI is InChI=1S/C15H18N4O/c20-9-8-16-15-18-13(11-6-7-11)10-14(19-15)17-12-4-2-1-3-5-12/h1-5,10-11,20H,6-9H2,(H2,16,17,18,19). The number of benzene rings is 1. The highest BCUT2D eigenvalue weighted by Gasteiger charge is 2.26. The van der Waals surface area contributed by atoms with Crippen molar-refractivity contribution in [2.45, 2.75) is 18.8 Å². The molecule has 1 aliphatic rings. The van der Waals surface area contributed by atoms with E-state index in [1.807, 2.05) is 36.4 Å². The minimum Gasteiger partial charge on any atom is -0.395 e. The average Bonchev–Trinajstić information content (AvgIpc) is 3.31. The first-order valence-electron chi connectivity index (χ1n) is 6.91. The maximum atomic E-state index is 8.89. The number of aromatic nitrogens is 2. The SMILES string of the molecule is OCCNc1nc(Nc2ccccc2)cc(C2CC2)n1. The Morgan fingerprint density at radius 2 is 1.95 bits per heavy atom. The van der Waals surface area contributed by atoms with Crippen LogP contribution < -0.4 is 10.6 Å². The van der Waals surface area contributed by atoms with Gasteiger partial charge in [0.05, 0.1) is 12.3 Å². The lowest BCUT2D eigenvalue weighted by atomic mass is 10.2. The topological polar surface area (TPSA) is 70.1 Å². The Kier molecular flexibility index (Phi) is 3.78. The predicted molar refractivity (Wildman–Crippen MR) is 79.3 cm³/mol. The predicted octanol–water partition coefficient (Wildman–Crippen LogP) is 2.50. The minimum absolute atomic E-state index is 0.0679. The number of para-hydroxylation sites is 1. The highest BCUT2D eigenvalue weighted by molar-refractivity contribution is 5.57. The number of aliphatic hydroxyl groups is 1. The number of aliphatic hydroxyl groups excluding tert-OH is 1. The highest BCUT2D eigenvalue weighted by Crippen LogP contribution is 2.40. The van der Waals surface area contributed by atoms with E-state index in [0.29, 0.717) is 18.4 Å². The maximum Gasteiger partial charge on any atom is 0.224 e. The van der Waals surface area contributed by atoms with Crippen molar-refractivity contribution in [2.24, 2.45) is 0 Å². The highest BCUT2D eigenvalue weighted by atomic mass is 16.3. The summed E-state index contributed by atoms with van der Waals surface area (Å²) >= 11 is 0. The van der Waals surface area contributed by atoms with E-state index < -0.39 is 0 Å². The molecule has 0 amide bonds. The molecule has 2 aromatic rings. The van der Waals surface area contributed by atoms with E-state index in [1.165, 1.54) is 12.8 Å². The van der Waals surface area contributed by atoms with Gasteiger partial charge in [-0.25, -0.2) is 4.98 Å². The quantitative estimate of drug-likeness (QED) is 0.752. The van der Waals surface area contributed by atoms with Gasteiger partial charge in [-0.2, -0.15) is 4.98 Å². The van der Waals surface area contributed by atoms with Crippen LogP contribution in [0.3, 0.4) is 0 Å². The summed E-state index contributed by atoms with van der Waals surface area (Å²) in [6.07, 6.45) is 2.39. The molecule has 3 N–H and O–H groups in total. The van der Waals surface area contributed by atoms with Crippen molar-refractivity contribution in [2.75, 3.05) is 23.8 Å². The van der Waals surface area contributed by atoms with Gasteiger partial charge >= 0.3 is 0 Å². The fourth-order valence-corrected chi connectivity index (χ4v) is 2.03. The van der Waals surface area contributed by atoms with Crippen LogP contribution in [0.15, 0.2) is 36.4 Å². The monoisotopic (exact) mass is 270 g/mol. The van der Waals surface area contributed by atoms with Crippen LogP contribution >= 0.6 is 0 Å². The molecule has 0 radical (unpaired) electrons. The first-order valence-corrected chi connectivity index (χ1v) is 6.91. The Labute approximate surface area is 118 Å². The van der Waals surface area contributed by atoms with Gasteiger partial charge in [0.15, 0.2) is 0 Å². The lowest BCUT2D eigenvalue weighted by Gasteiger charge is -2.10. The van der Waals surface area contributed by atoms with E-state index in [0.717, 1.165) is 17.2 Å². The molecule has 0 bridgehead atoms. The third kappa shape index (κ3) is 3.24. The van der Waals surface area contributed by atoms with Crippen molar-refractivity contribution >= 4 is 17.5 Å². The van der Waals surface area contributed by atoms with Gasteiger partial charge in [0, 0.05) is 24.2 Å². The summed E-state index contributed by atoms with van der Waals surface area (Å²) in [4.78, 5) is 8.93. The number of hydrogen-bond acceptors (Lipinski definition) is 5. The van der Waals surface area contributed by atoms with Gasteiger partial charge in [0.1, 0.15) is 5.82 Å². The number of nitrogens with one attached hydrogen (secondary N) is 2. The van der Waals surface area contributed by atoms with Crippen molar-refractivity contribution in [1.82, 2.24) is 9.97 Å². The first-order chi connectivity index (χ1) is 9.85. The zero-order chi connectivity index (χ0) is 13.8. The minimum atomic E-state index is 0.0679. The molecular weight excluding hydrogens is 252 g/mol. The molecule has 0 atom stereocenters. The Balaban J connectivity index is 1.83. The second-order valence-electron chi connectivity index (χ2n) is 4.92. The van der Waals surface area contributed by atoms with E-state index in [4.69, 9.17) is 5.11 Å². The maximum absolute atomic E-state index is 8.89. The van der Waals surface area contributed by atoms with Crippen molar-refractivity contribution in [1.29, 1.82) is 0 Å². The van der Waals surface area contributed by atoms with Crippen LogP contribution in [0.25, 0.3) is 0 Å². The summed E-state index contributed by atoms with van der Waals surface area (Å²) in [5.74, 6) is 1.92. The summed E-state index contributed by atoms with van der Waals surface area (Å²) in [6, 6.07) is 12.0. The molecule has 1 heterocycles. The van der Waals surface area contributed by atoms with Crippen molar-refractivity contribution in [3.63, 3.8) is 0 Å². The van der Waals surface area contributed by atoms with Gasteiger partial charge in [-0.1, -0.05) is 18.2 Å². The van der Waals surface area contributed by atoms with Crippen LogP contribution in [0.5, 0.6) is 0 Å². The average molecular weight is 270 g/mol. The smallest absolute Gasteiger partial charge is 0.224 e. The van der Waals surface area contributed by atoms with Crippen LogP contribution in [0.1, 0.15) is 24.5 Å². The van der Waals surface area contributed by atoms with E-state index in [2.05, 4.69) is 20.6 Å². The van der Waals surface area contributed by atoms with E-state index in [-0.39, 0.29) is 6.61 Å². The van der Waals surface area contributed by atoms with Crippen molar-refractivity contribution in [3.05, 3.63) is 42.1 Å². The third-order valence-electron chi connectivity index (χ3n) is 3.18. The van der Waals surface area contributed by atoms with Gasteiger partial charge in [0.25, 0.3) is 0 Å². The summed E-state index contributed by atoms with van der Waals surface area (Å²) < 4.78 is 0. The second kappa shape index (κ2) is 5.88. The van der Waals surface area contributed by atoms with Gasteiger partial charge in [0.2, 0.25) is 5.95 Å². The molecule has 1 aromatic carbocycles. The molecule has 1 saturated carbocycles. The summed E-state index contributed by atoms with van der Waals surface area (Å²) in [5.41, 5.74) is 2.07. The normalized spacial score (nSPS) is 14.1. The van der Waals surface area contributed by atoms with Gasteiger partial charge in [-0.3, -0.25) is 0 Å². The van der Waals surface area contributed by atoms with Crippen LogP contribution in [0.2, 0.25) is 0 Å². The molecule has 3 rings (SSSR count). The zero-order valence-electron chi connectivity index (χ0n) is 11.2. The molecule has 1 fully saturated rings. The van der Waals surface area contributed by atoms with Crippen LogP contribution in [0, 0.1) is 0 Å². The lowest BCUT2D eigenvalue weighted by Crippen LogP contribution is -2.10. The molecule has 0 unspecified atom stereocenters. The van der Waals surface area contributed by atoms with Crippen molar-refractivity contribution < 1.29 is 5.11 Å². The van der Waals surface area contributed by atoms with Crippen LogP contribution in [0.4, 0.5) is 17.5 Å². The molecular formula is C15H18N4O. The summed E-state index contributed by atoms with van der Waals surface area (Å²) in [6.45, 7) is 0.525. The summed E-state index contributed by atoms with van der Waals surface area (Å²) in [5, 5.41) is 15.2. The van der Waals surface area contributed by atoms with E-state index in [1.54, 1.807) is 0 Å². The van der Waals surface area contributed by atoms with Gasteiger partial charge < -0.3 is 15.7 Å². The molecule has 20 heavy (non-hydrogen) atoms. The molecule has 1 aliphatic carbocycles. The molecule has 5 heteroatoms. The third-order valence-corrected chi connectivity index (χ3v) is 3.18. The van der Waals surface area contributed by atoms with Crippen LogP contribution in [-0.4, -0.2) is 28.2 Å². The second-order valence-corrected chi connectivity index (χ2v) is 4.92. The molecule has 0 spiro atoms. The lowest BCUT2D eigenvalue weighted by molar-refractivity contribution is 0.311. The first kappa shape index (κ1) is 12.9. The number of rotatable bonds is 6. The fourth-order valence-electron chi connectivity index (χ4n) is 2.03. The Morgan fingerprint density at radius 1 is 1.15 bits per heavy atom. The number of hydrogen-bond donors (Lipinski definition) is 3. The number of nitrogens with zero attached hydrogens (tertiary/aromatic N) is 2. The van der Waals surface area contributed by atoms with Gasteiger partial charge in [-0.05, 0) is 25.0 Å². The Bertz CT molecular complexity index is 569. The molecule has 104 valence electrons. The van der Waals surface area contributed by atoms with Crippen molar-refractivity contribution in [3.8, 4) is 0 Å². The molecule has 0 aliphatic heterocycles. The summed E-state index contributed by atoms with van der Waals surface area (Å²) in [7, 11) is 0. The number of anilines is 3. The zero-order valence-corrected chi connectivity index (χ0v) is 11.2. The van der Waals surface area contributed by atoms with E-state index in [9.17, 15) is 0 Å². The Hall–Kier alpha value is -2.14. The van der Waals surface area contributed by atoms with Gasteiger partial charge in [-0.15, -0.1) is 0 Å². The molecule has 1 aromatic heterocycles. The molecule has 5 nitrogen and oxygen atoms in total. The largest absolute Gasteiger partial charge is 0.395 e. The molecule has 0 saturated heterocycles. The fraction of sp³-hybridized carbons (Fsp3) is 0.333. The Morgan fingerprint density at radius 3 is 2.65 bits per heavy atom.